The zero-order chi connectivity index (χ0) is 13.1. The molecule has 0 N–H and O–H groups in total. The van der Waals surface area contributed by atoms with Crippen LogP contribution >= 0.6 is 11.8 Å². The van der Waals surface area contributed by atoms with Gasteiger partial charge in [-0.05, 0) is 23.1 Å². The minimum absolute atomic E-state index is 0.655. The minimum Gasteiger partial charge on any atom is -0.372 e. The van der Waals surface area contributed by atoms with E-state index in [9.17, 15) is 0 Å². The molecule has 3 nitrogen and oxygen atoms in total. The smallest absolute Gasteiger partial charge is 0.372 e. The molecule has 0 radical (unpaired) electrons. The van der Waals surface area contributed by atoms with Gasteiger partial charge < -0.3 is 4.42 Å². The van der Waals surface area contributed by atoms with Gasteiger partial charge in [-0.2, -0.15) is 0 Å². The summed E-state index contributed by atoms with van der Waals surface area (Å²) in [4.78, 5) is 0. The third kappa shape index (κ3) is 2.39. The van der Waals surface area contributed by atoms with Gasteiger partial charge in [0.15, 0.2) is 0 Å². The molecule has 0 bridgehead atoms. The second-order valence-corrected chi connectivity index (χ2v) is 4.75. The lowest BCUT2D eigenvalue weighted by Crippen LogP contribution is -2.34. The molecule has 2 aromatic carbocycles. The van der Waals surface area contributed by atoms with E-state index >= 15 is 0 Å². The van der Waals surface area contributed by atoms with Crippen LogP contribution in [0.2, 0.25) is 0 Å². The van der Waals surface area contributed by atoms with Gasteiger partial charge in [-0.3, -0.25) is 0 Å². The highest BCUT2D eigenvalue weighted by molar-refractivity contribution is 7.98. The number of hydrogen-bond acceptors (Lipinski definition) is 3. The number of para-hydroxylation sites is 1. The average molecular weight is 269 g/mol. The van der Waals surface area contributed by atoms with Crippen LogP contribution in [0, 0.1) is 0 Å². The van der Waals surface area contributed by atoms with Crippen LogP contribution in [0.15, 0.2) is 70.3 Å². The Morgan fingerprint density at radius 1 is 0.947 bits per heavy atom. The molecule has 0 aliphatic carbocycles. The molecule has 0 fully saturated rings. The Balaban J connectivity index is 2.17. The van der Waals surface area contributed by atoms with Crippen LogP contribution in [-0.4, -0.2) is 11.4 Å². The van der Waals surface area contributed by atoms with E-state index in [2.05, 4.69) is 5.10 Å². The fraction of sp³-hybridized carbons (Fsp3) is 0.0667. The first-order valence-corrected chi connectivity index (χ1v) is 7.19. The lowest BCUT2D eigenvalue weighted by Gasteiger charge is -1.92. The molecule has 0 amide bonds. The van der Waals surface area contributed by atoms with E-state index < -0.39 is 0 Å². The number of thioether (sulfide) groups is 1. The molecule has 1 heterocycles. The van der Waals surface area contributed by atoms with Crippen molar-refractivity contribution in [3.63, 3.8) is 0 Å². The molecule has 19 heavy (non-hydrogen) atoms. The van der Waals surface area contributed by atoms with Gasteiger partial charge in [-0.1, -0.05) is 48.2 Å². The van der Waals surface area contributed by atoms with Gasteiger partial charge in [-0.25, -0.2) is 0 Å². The van der Waals surface area contributed by atoms with Crippen LogP contribution in [-0.2, 0) is 0 Å². The number of benzene rings is 2. The molecule has 0 spiro atoms. The SMILES string of the molecule is CSc1n[n+](-c2ccccc2)c(-c2ccccc2)o1. The van der Waals surface area contributed by atoms with E-state index in [0.29, 0.717) is 5.22 Å². The van der Waals surface area contributed by atoms with E-state index in [4.69, 9.17) is 4.42 Å². The maximum absolute atomic E-state index is 5.82. The van der Waals surface area contributed by atoms with Crippen molar-refractivity contribution < 1.29 is 9.10 Å². The van der Waals surface area contributed by atoms with Gasteiger partial charge in [-0.15, -0.1) is 0 Å². The Kier molecular flexibility index (Phi) is 3.33. The van der Waals surface area contributed by atoms with Crippen LogP contribution in [0.5, 0.6) is 0 Å². The molecular weight excluding hydrogens is 256 g/mol. The van der Waals surface area contributed by atoms with Gasteiger partial charge in [0.2, 0.25) is 5.69 Å². The molecule has 0 aliphatic heterocycles. The molecule has 0 atom stereocenters. The second-order valence-electron chi connectivity index (χ2n) is 3.99. The lowest BCUT2D eigenvalue weighted by atomic mass is 10.2. The van der Waals surface area contributed by atoms with Crippen LogP contribution in [0.3, 0.4) is 0 Å². The first kappa shape index (κ1) is 12.0. The van der Waals surface area contributed by atoms with Gasteiger partial charge in [0.25, 0.3) is 0 Å². The third-order valence-electron chi connectivity index (χ3n) is 2.75. The van der Waals surface area contributed by atoms with E-state index in [1.807, 2.05) is 71.6 Å². The second kappa shape index (κ2) is 5.28. The van der Waals surface area contributed by atoms with Crippen molar-refractivity contribution in [1.29, 1.82) is 0 Å². The summed E-state index contributed by atoms with van der Waals surface area (Å²) in [5.41, 5.74) is 2.00. The Hall–Kier alpha value is -2.07. The fourth-order valence-corrected chi connectivity index (χ4v) is 2.19. The van der Waals surface area contributed by atoms with Gasteiger partial charge >= 0.3 is 11.1 Å². The normalized spacial score (nSPS) is 10.6. The van der Waals surface area contributed by atoms with E-state index in [-0.39, 0.29) is 0 Å². The highest BCUT2D eigenvalue weighted by atomic mass is 32.2. The number of hydrogen-bond donors (Lipinski definition) is 0. The summed E-state index contributed by atoms with van der Waals surface area (Å²) in [6.07, 6.45) is 1.95. The highest BCUT2D eigenvalue weighted by Gasteiger charge is 2.25. The first-order chi connectivity index (χ1) is 9.38. The summed E-state index contributed by atoms with van der Waals surface area (Å²) >= 11 is 1.49. The molecule has 0 aliphatic rings. The van der Waals surface area contributed by atoms with E-state index in [1.54, 1.807) is 0 Å². The quantitative estimate of drug-likeness (QED) is 0.539. The third-order valence-corrected chi connectivity index (χ3v) is 3.27. The zero-order valence-electron chi connectivity index (χ0n) is 10.5. The predicted octanol–water partition coefficient (Wildman–Crippen LogP) is 3.34. The Labute approximate surface area is 115 Å². The molecule has 1 aromatic heterocycles. The lowest BCUT2D eigenvalue weighted by molar-refractivity contribution is -0.650. The van der Waals surface area contributed by atoms with Crippen LogP contribution in [0.4, 0.5) is 0 Å². The highest BCUT2D eigenvalue weighted by Crippen LogP contribution is 2.21. The van der Waals surface area contributed by atoms with Gasteiger partial charge in [0, 0.05) is 12.1 Å². The van der Waals surface area contributed by atoms with E-state index in [1.165, 1.54) is 11.8 Å². The van der Waals surface area contributed by atoms with Crippen molar-refractivity contribution in [3.8, 4) is 17.1 Å². The van der Waals surface area contributed by atoms with Crippen molar-refractivity contribution in [2.45, 2.75) is 5.22 Å². The zero-order valence-corrected chi connectivity index (χ0v) is 11.3. The molecule has 0 saturated heterocycles. The molecule has 0 saturated carbocycles. The molecule has 94 valence electrons. The maximum Gasteiger partial charge on any atom is 0.414 e. The van der Waals surface area contributed by atoms with Crippen molar-refractivity contribution >= 4 is 11.8 Å². The Morgan fingerprint density at radius 2 is 1.58 bits per heavy atom. The summed E-state index contributed by atoms with van der Waals surface area (Å²) in [6.45, 7) is 0. The topological polar surface area (TPSA) is 29.9 Å². The summed E-state index contributed by atoms with van der Waals surface area (Å²) in [7, 11) is 0. The largest absolute Gasteiger partial charge is 0.414 e. The Morgan fingerprint density at radius 3 is 2.21 bits per heavy atom. The fourth-order valence-electron chi connectivity index (χ4n) is 1.86. The van der Waals surface area contributed by atoms with Crippen molar-refractivity contribution in [2.75, 3.05) is 6.26 Å². The molecule has 0 unspecified atom stereocenters. The molecular formula is C15H13N2OS+. The van der Waals surface area contributed by atoms with Crippen LogP contribution in [0.1, 0.15) is 0 Å². The minimum atomic E-state index is 0.655. The van der Waals surface area contributed by atoms with Crippen molar-refractivity contribution in [1.82, 2.24) is 5.10 Å². The standard InChI is InChI=1S/C15H13N2OS/c1-19-15-16-17(13-10-6-3-7-11-13)14(18-15)12-8-4-2-5-9-12/h2-11H,1H3/q+1. The molecule has 3 rings (SSSR count). The number of rotatable bonds is 3. The molecule has 4 heteroatoms. The molecule has 3 aromatic rings. The maximum atomic E-state index is 5.82. The summed E-state index contributed by atoms with van der Waals surface area (Å²) in [6, 6.07) is 20.0. The van der Waals surface area contributed by atoms with Crippen LogP contribution in [0.25, 0.3) is 17.1 Å². The van der Waals surface area contributed by atoms with E-state index in [0.717, 1.165) is 17.1 Å². The summed E-state index contributed by atoms with van der Waals surface area (Å²) < 4.78 is 7.65. The van der Waals surface area contributed by atoms with Crippen molar-refractivity contribution in [2.24, 2.45) is 0 Å². The summed E-state index contributed by atoms with van der Waals surface area (Å²) in [5, 5.41) is 5.14. The Bertz CT molecular complexity index is 608. The predicted molar refractivity (Wildman–Crippen MR) is 75.3 cm³/mol. The van der Waals surface area contributed by atoms with Gasteiger partial charge in [0.05, 0.1) is 10.7 Å². The van der Waals surface area contributed by atoms with Crippen LogP contribution < -0.4 is 4.68 Å². The monoisotopic (exact) mass is 269 g/mol. The number of nitrogens with zero attached hydrogens (tertiary/aromatic N) is 2. The van der Waals surface area contributed by atoms with Gasteiger partial charge in [0.1, 0.15) is 0 Å². The first-order valence-electron chi connectivity index (χ1n) is 5.96. The summed E-state index contributed by atoms with van der Waals surface area (Å²) in [5.74, 6) is 0.746. The number of aromatic nitrogens is 2. The average Bonchev–Trinajstić information content (AvgIpc) is 2.93. The van der Waals surface area contributed by atoms with Crippen molar-refractivity contribution in [3.05, 3.63) is 60.7 Å².